The van der Waals surface area contributed by atoms with Crippen molar-refractivity contribution < 1.29 is 9.53 Å². The van der Waals surface area contributed by atoms with Crippen LogP contribution >= 0.6 is 11.8 Å². The number of rotatable bonds is 4. The van der Waals surface area contributed by atoms with Gasteiger partial charge in [-0.05, 0) is 52.1 Å². The topological polar surface area (TPSA) is 38.3 Å². The van der Waals surface area contributed by atoms with Gasteiger partial charge in [0.1, 0.15) is 11.6 Å². The van der Waals surface area contributed by atoms with Crippen LogP contribution in [0.1, 0.15) is 27.7 Å². The van der Waals surface area contributed by atoms with E-state index in [1.165, 1.54) is 0 Å². The van der Waals surface area contributed by atoms with E-state index in [0.717, 1.165) is 10.6 Å². The molecule has 1 aromatic rings. The number of anilines is 1. The number of nitrogens with one attached hydrogen (secondary N) is 1. The van der Waals surface area contributed by atoms with Crippen molar-refractivity contribution in [3.63, 3.8) is 0 Å². The van der Waals surface area contributed by atoms with Gasteiger partial charge in [0.15, 0.2) is 0 Å². The van der Waals surface area contributed by atoms with E-state index in [9.17, 15) is 4.79 Å². The highest BCUT2D eigenvalue weighted by Crippen LogP contribution is 2.20. The van der Waals surface area contributed by atoms with Crippen molar-refractivity contribution in [2.75, 3.05) is 11.6 Å². The van der Waals surface area contributed by atoms with Crippen LogP contribution in [0.25, 0.3) is 0 Å². The van der Waals surface area contributed by atoms with Crippen LogP contribution in [-0.4, -0.2) is 23.9 Å². The van der Waals surface area contributed by atoms with E-state index in [4.69, 9.17) is 4.74 Å². The minimum atomic E-state index is -0.450. The predicted molar refractivity (Wildman–Crippen MR) is 77.2 cm³/mol. The second kappa shape index (κ2) is 6.14. The fraction of sp³-hybridized carbons (Fsp3) is 0.500. The number of hydrogen-bond donors (Lipinski definition) is 1. The highest BCUT2D eigenvalue weighted by atomic mass is 32.2. The normalized spacial score (nSPS) is 12.9. The molecule has 0 spiro atoms. The molecule has 0 aliphatic rings. The van der Waals surface area contributed by atoms with E-state index in [1.807, 2.05) is 51.3 Å². The summed E-state index contributed by atoms with van der Waals surface area (Å²) in [4.78, 5) is 13.0. The summed E-state index contributed by atoms with van der Waals surface area (Å²) >= 11 is 1.67. The van der Waals surface area contributed by atoms with E-state index in [-0.39, 0.29) is 12.0 Å². The van der Waals surface area contributed by atoms with Gasteiger partial charge >= 0.3 is 5.97 Å². The lowest BCUT2D eigenvalue weighted by Crippen LogP contribution is -2.34. The quantitative estimate of drug-likeness (QED) is 0.669. The standard InChI is InChI=1S/C14H21NO2S/c1-10(13(16)17-14(2,3)4)15-11-7-6-8-12(9-11)18-5/h6-10,15H,1-5H3. The van der Waals surface area contributed by atoms with Crippen molar-refractivity contribution in [1.82, 2.24) is 0 Å². The molecular formula is C14H21NO2S. The predicted octanol–water partition coefficient (Wildman–Crippen LogP) is 3.55. The Morgan fingerprint density at radius 3 is 2.61 bits per heavy atom. The van der Waals surface area contributed by atoms with Crippen LogP contribution in [0.3, 0.4) is 0 Å². The first-order valence-corrected chi connectivity index (χ1v) is 7.18. The first kappa shape index (κ1) is 14.9. The van der Waals surface area contributed by atoms with E-state index < -0.39 is 5.60 Å². The summed E-state index contributed by atoms with van der Waals surface area (Å²) in [5.41, 5.74) is 0.480. The molecule has 1 rings (SSSR count). The Morgan fingerprint density at radius 1 is 1.39 bits per heavy atom. The summed E-state index contributed by atoms with van der Waals surface area (Å²) in [6.07, 6.45) is 2.02. The summed E-state index contributed by atoms with van der Waals surface area (Å²) in [5.74, 6) is -0.239. The van der Waals surface area contributed by atoms with Gasteiger partial charge in [-0.1, -0.05) is 6.07 Å². The van der Waals surface area contributed by atoms with Crippen molar-refractivity contribution in [3.05, 3.63) is 24.3 Å². The van der Waals surface area contributed by atoms with Crippen LogP contribution in [0.15, 0.2) is 29.2 Å². The monoisotopic (exact) mass is 267 g/mol. The largest absolute Gasteiger partial charge is 0.458 e. The molecule has 1 aromatic carbocycles. The summed E-state index contributed by atoms with van der Waals surface area (Å²) in [5, 5.41) is 3.15. The number of carbonyl (C=O) groups is 1. The third-order valence-electron chi connectivity index (χ3n) is 2.21. The maximum atomic E-state index is 11.8. The van der Waals surface area contributed by atoms with Crippen LogP contribution in [0.5, 0.6) is 0 Å². The molecule has 1 unspecified atom stereocenters. The van der Waals surface area contributed by atoms with E-state index in [1.54, 1.807) is 18.7 Å². The van der Waals surface area contributed by atoms with Crippen molar-refractivity contribution in [3.8, 4) is 0 Å². The van der Waals surface area contributed by atoms with Gasteiger partial charge in [-0.25, -0.2) is 4.79 Å². The van der Waals surface area contributed by atoms with E-state index in [2.05, 4.69) is 5.32 Å². The number of carbonyl (C=O) groups excluding carboxylic acids is 1. The number of esters is 1. The average Bonchev–Trinajstić information content (AvgIpc) is 2.27. The Hall–Kier alpha value is -1.16. The third-order valence-corrected chi connectivity index (χ3v) is 2.94. The lowest BCUT2D eigenvalue weighted by molar-refractivity contribution is -0.155. The Bertz CT molecular complexity index is 413. The van der Waals surface area contributed by atoms with Crippen LogP contribution in [0, 0.1) is 0 Å². The molecule has 0 saturated heterocycles. The molecule has 0 fully saturated rings. The van der Waals surface area contributed by atoms with Gasteiger partial charge in [-0.15, -0.1) is 11.8 Å². The summed E-state index contributed by atoms with van der Waals surface area (Å²) in [7, 11) is 0. The molecule has 4 heteroatoms. The maximum Gasteiger partial charge on any atom is 0.328 e. The molecule has 3 nitrogen and oxygen atoms in total. The zero-order valence-corrected chi connectivity index (χ0v) is 12.4. The van der Waals surface area contributed by atoms with Crippen molar-refractivity contribution in [1.29, 1.82) is 0 Å². The van der Waals surface area contributed by atoms with Gasteiger partial charge in [0.2, 0.25) is 0 Å². The summed E-state index contributed by atoms with van der Waals surface area (Å²) in [6, 6.07) is 7.61. The molecule has 0 heterocycles. The van der Waals surface area contributed by atoms with Crippen molar-refractivity contribution >= 4 is 23.4 Å². The van der Waals surface area contributed by atoms with Gasteiger partial charge in [0, 0.05) is 10.6 Å². The molecule has 0 saturated carbocycles. The van der Waals surface area contributed by atoms with E-state index >= 15 is 0 Å². The van der Waals surface area contributed by atoms with Gasteiger partial charge in [-0.2, -0.15) is 0 Å². The van der Waals surface area contributed by atoms with Crippen LogP contribution in [-0.2, 0) is 9.53 Å². The number of thioether (sulfide) groups is 1. The molecule has 0 aliphatic heterocycles. The molecule has 0 bridgehead atoms. The number of benzene rings is 1. The fourth-order valence-corrected chi connectivity index (χ4v) is 1.87. The molecule has 18 heavy (non-hydrogen) atoms. The number of hydrogen-bond acceptors (Lipinski definition) is 4. The molecule has 0 amide bonds. The summed E-state index contributed by atoms with van der Waals surface area (Å²) < 4.78 is 5.32. The lowest BCUT2D eigenvalue weighted by Gasteiger charge is -2.23. The lowest BCUT2D eigenvalue weighted by atomic mass is 10.2. The van der Waals surface area contributed by atoms with Gasteiger partial charge in [0.05, 0.1) is 0 Å². The second-order valence-electron chi connectivity index (χ2n) is 5.13. The Morgan fingerprint density at radius 2 is 2.06 bits per heavy atom. The minimum Gasteiger partial charge on any atom is -0.458 e. The van der Waals surface area contributed by atoms with Gasteiger partial charge in [0.25, 0.3) is 0 Å². The highest BCUT2D eigenvalue weighted by molar-refractivity contribution is 7.98. The molecule has 1 atom stereocenters. The first-order chi connectivity index (χ1) is 8.31. The third kappa shape index (κ3) is 5.00. The average molecular weight is 267 g/mol. The zero-order valence-electron chi connectivity index (χ0n) is 11.6. The van der Waals surface area contributed by atoms with Crippen molar-refractivity contribution in [2.45, 2.75) is 44.2 Å². The van der Waals surface area contributed by atoms with E-state index in [0.29, 0.717) is 0 Å². The molecule has 0 aromatic heterocycles. The molecule has 0 aliphatic carbocycles. The van der Waals surface area contributed by atoms with Crippen molar-refractivity contribution in [2.24, 2.45) is 0 Å². The Balaban J connectivity index is 2.63. The van der Waals surface area contributed by atoms with Crippen LogP contribution < -0.4 is 5.32 Å². The Labute approximate surface area is 113 Å². The zero-order chi connectivity index (χ0) is 13.8. The SMILES string of the molecule is CSc1cccc(NC(C)C(=O)OC(C)(C)C)c1. The minimum absolute atomic E-state index is 0.239. The molecular weight excluding hydrogens is 246 g/mol. The summed E-state index contributed by atoms with van der Waals surface area (Å²) in [6.45, 7) is 7.41. The Kier molecular flexibility index (Phi) is 5.08. The first-order valence-electron chi connectivity index (χ1n) is 5.95. The van der Waals surface area contributed by atoms with Gasteiger partial charge in [-0.3, -0.25) is 0 Å². The van der Waals surface area contributed by atoms with Gasteiger partial charge < -0.3 is 10.1 Å². The fourth-order valence-electron chi connectivity index (χ4n) is 1.41. The smallest absolute Gasteiger partial charge is 0.328 e. The second-order valence-corrected chi connectivity index (χ2v) is 6.01. The van der Waals surface area contributed by atoms with Crippen LogP contribution in [0.4, 0.5) is 5.69 Å². The maximum absolute atomic E-state index is 11.8. The number of ether oxygens (including phenoxy) is 1. The molecule has 1 N–H and O–H groups in total. The molecule has 100 valence electrons. The van der Waals surface area contributed by atoms with Crippen LogP contribution in [0.2, 0.25) is 0 Å². The molecule has 0 radical (unpaired) electrons. The highest BCUT2D eigenvalue weighted by Gasteiger charge is 2.21.